The second-order valence-corrected chi connectivity index (χ2v) is 11.0. The van der Waals surface area contributed by atoms with E-state index in [-0.39, 0.29) is 25.5 Å². The minimum Gasteiger partial charge on any atom is -0.459 e. The van der Waals surface area contributed by atoms with Gasteiger partial charge in [0.15, 0.2) is 0 Å². The van der Waals surface area contributed by atoms with Crippen molar-refractivity contribution in [1.29, 1.82) is 0 Å². The van der Waals surface area contributed by atoms with Crippen molar-refractivity contribution in [3.63, 3.8) is 0 Å². The number of aliphatic imine (C=N–C) groups is 1. The maximum absolute atomic E-state index is 13.3. The van der Waals surface area contributed by atoms with Gasteiger partial charge in [0.05, 0.1) is 5.71 Å². The summed E-state index contributed by atoms with van der Waals surface area (Å²) in [5.74, 6) is -0.816. The number of esters is 1. The summed E-state index contributed by atoms with van der Waals surface area (Å²) >= 11 is 0. The number of hydrogen-bond acceptors (Lipinski definition) is 5. The minimum absolute atomic E-state index is 0.0262. The van der Waals surface area contributed by atoms with E-state index in [1.807, 2.05) is 78.9 Å². The number of unbranched alkanes of at least 4 members (excludes halogenated alkanes) is 8. The number of ether oxygens (including phenoxy) is 2. The van der Waals surface area contributed by atoms with Crippen LogP contribution >= 0.6 is 0 Å². The molecule has 0 aliphatic carbocycles. The van der Waals surface area contributed by atoms with Gasteiger partial charge in [-0.25, -0.2) is 9.59 Å². The minimum atomic E-state index is -1.02. The Balaban J connectivity index is 1.65. The monoisotopic (exact) mass is 598 g/mol. The molecule has 0 saturated carbocycles. The number of nitrogens with one attached hydrogen (secondary N) is 1. The van der Waals surface area contributed by atoms with Gasteiger partial charge in [0.25, 0.3) is 0 Å². The molecule has 3 aromatic carbocycles. The Bertz CT molecular complexity index is 1280. The molecule has 0 aromatic heterocycles. The molecule has 2 amide bonds. The molecule has 0 spiro atoms. The van der Waals surface area contributed by atoms with E-state index >= 15 is 0 Å². The van der Waals surface area contributed by atoms with E-state index < -0.39 is 18.1 Å². The predicted octanol–water partition coefficient (Wildman–Crippen LogP) is 8.35. The van der Waals surface area contributed by atoms with Gasteiger partial charge in [-0.2, -0.15) is 4.99 Å². The van der Waals surface area contributed by atoms with E-state index in [9.17, 15) is 14.4 Å². The third kappa shape index (κ3) is 13.8. The lowest BCUT2D eigenvalue weighted by molar-refractivity contribution is -0.149. The first-order valence-electron chi connectivity index (χ1n) is 15.9. The first-order chi connectivity index (χ1) is 21.5. The topological polar surface area (TPSA) is 94.1 Å². The lowest BCUT2D eigenvalue weighted by Gasteiger charge is -2.19. The zero-order valence-electron chi connectivity index (χ0n) is 25.9. The van der Waals surface area contributed by atoms with Crippen molar-refractivity contribution >= 4 is 23.7 Å². The van der Waals surface area contributed by atoms with Crippen LogP contribution in [0, 0.1) is 0 Å². The highest BCUT2D eigenvalue weighted by molar-refractivity contribution is 6.07. The molecule has 1 N–H and O–H groups in total. The zero-order chi connectivity index (χ0) is 31.2. The first kappa shape index (κ1) is 34.2. The van der Waals surface area contributed by atoms with E-state index in [2.05, 4.69) is 17.2 Å². The number of carbonyl (C=O) groups excluding carboxylic acids is 3. The molecule has 7 nitrogen and oxygen atoms in total. The van der Waals surface area contributed by atoms with Gasteiger partial charge >= 0.3 is 12.1 Å². The van der Waals surface area contributed by atoms with Gasteiger partial charge in [-0.05, 0) is 23.1 Å². The lowest BCUT2D eigenvalue weighted by Crippen LogP contribution is -2.43. The molecule has 0 heterocycles. The van der Waals surface area contributed by atoms with Crippen LogP contribution in [-0.4, -0.2) is 29.7 Å². The summed E-state index contributed by atoms with van der Waals surface area (Å²) < 4.78 is 11.0. The van der Waals surface area contributed by atoms with E-state index in [1.165, 1.54) is 38.5 Å². The smallest absolute Gasteiger partial charge is 0.434 e. The van der Waals surface area contributed by atoms with Crippen molar-refractivity contribution in [3.8, 4) is 0 Å². The van der Waals surface area contributed by atoms with Crippen LogP contribution in [0.25, 0.3) is 0 Å². The van der Waals surface area contributed by atoms with Crippen molar-refractivity contribution in [3.05, 3.63) is 108 Å². The summed E-state index contributed by atoms with van der Waals surface area (Å²) in [5, 5.41) is 2.86. The van der Waals surface area contributed by atoms with Crippen LogP contribution in [0.4, 0.5) is 4.79 Å². The molecular formula is C37H46N2O5. The van der Waals surface area contributed by atoms with Crippen LogP contribution in [-0.2, 0) is 32.3 Å². The molecule has 234 valence electrons. The molecule has 0 fully saturated rings. The van der Waals surface area contributed by atoms with Crippen molar-refractivity contribution in [2.24, 2.45) is 4.99 Å². The fourth-order valence-electron chi connectivity index (χ4n) is 4.80. The van der Waals surface area contributed by atoms with Crippen molar-refractivity contribution in [2.75, 3.05) is 0 Å². The number of hydrogen-bond donors (Lipinski definition) is 1. The van der Waals surface area contributed by atoms with Gasteiger partial charge in [0.1, 0.15) is 19.3 Å². The lowest BCUT2D eigenvalue weighted by atomic mass is 10.0. The number of nitrogens with zero attached hydrogens (tertiary/aromatic N) is 1. The fourth-order valence-corrected chi connectivity index (χ4v) is 4.80. The Hall–Kier alpha value is -4.26. The average molecular weight is 599 g/mol. The first-order valence-corrected chi connectivity index (χ1v) is 15.9. The van der Waals surface area contributed by atoms with Crippen LogP contribution in [0.2, 0.25) is 0 Å². The molecule has 0 saturated heterocycles. The molecule has 1 atom stereocenters. The number of carbonyl (C=O) groups is 3. The summed E-state index contributed by atoms with van der Waals surface area (Å²) in [5.41, 5.74) is 2.65. The van der Waals surface area contributed by atoms with Crippen molar-refractivity contribution in [2.45, 2.75) is 96.8 Å². The number of benzene rings is 3. The second-order valence-electron chi connectivity index (χ2n) is 11.0. The van der Waals surface area contributed by atoms with Gasteiger partial charge in [-0.1, -0.05) is 149 Å². The fraction of sp³-hybridized carbons (Fsp3) is 0.405. The van der Waals surface area contributed by atoms with Crippen molar-refractivity contribution < 1.29 is 23.9 Å². The standard InChI is InChI=1S/C37H46N2O5/c1-2-3-4-5-6-7-8-9-19-26-35(40)38-34(36(41)43-28-30-20-13-10-14-21-30)27-33(32-24-17-12-18-25-32)39-37(42)44-29-31-22-15-11-16-23-31/h10-18,20-25,34H,2-9,19,26-29H2,1H3,(H,38,40)/b39-33-/t34-/m0/s1. The quantitative estimate of drug-likeness (QED) is 0.0850. The Morgan fingerprint density at radius 1 is 0.659 bits per heavy atom. The maximum atomic E-state index is 13.3. The van der Waals surface area contributed by atoms with Gasteiger partial charge in [-0.15, -0.1) is 0 Å². The van der Waals surface area contributed by atoms with Gasteiger partial charge < -0.3 is 14.8 Å². The zero-order valence-corrected chi connectivity index (χ0v) is 25.9. The molecule has 44 heavy (non-hydrogen) atoms. The van der Waals surface area contributed by atoms with E-state index in [1.54, 1.807) is 12.1 Å². The third-order valence-corrected chi connectivity index (χ3v) is 7.29. The highest BCUT2D eigenvalue weighted by Crippen LogP contribution is 2.14. The van der Waals surface area contributed by atoms with Gasteiger partial charge in [0, 0.05) is 12.8 Å². The predicted molar refractivity (Wildman–Crippen MR) is 174 cm³/mol. The molecule has 0 unspecified atom stereocenters. The largest absolute Gasteiger partial charge is 0.459 e. The summed E-state index contributed by atoms with van der Waals surface area (Å²) in [6.45, 7) is 2.36. The molecule has 7 heteroatoms. The van der Waals surface area contributed by atoms with E-state index in [4.69, 9.17) is 9.47 Å². The number of amides is 2. The third-order valence-electron chi connectivity index (χ3n) is 7.29. The van der Waals surface area contributed by atoms with Crippen LogP contribution in [0.3, 0.4) is 0 Å². The highest BCUT2D eigenvalue weighted by Gasteiger charge is 2.26. The molecule has 3 rings (SSSR count). The highest BCUT2D eigenvalue weighted by atomic mass is 16.5. The van der Waals surface area contributed by atoms with E-state index in [0.29, 0.717) is 17.7 Å². The summed E-state index contributed by atoms with van der Waals surface area (Å²) in [6, 6.07) is 26.8. The molecule has 3 aromatic rings. The summed E-state index contributed by atoms with van der Waals surface area (Å²) in [7, 11) is 0. The Labute approximate surface area is 262 Å². The molecule has 0 aliphatic rings. The molecular weight excluding hydrogens is 552 g/mol. The normalized spacial score (nSPS) is 11.9. The van der Waals surface area contributed by atoms with Gasteiger partial charge in [-0.3, -0.25) is 4.79 Å². The summed E-state index contributed by atoms with van der Waals surface area (Å²) in [6.07, 6.45) is 9.83. The molecule has 0 radical (unpaired) electrons. The SMILES string of the molecule is CCCCCCCCCCCC(=O)N[C@@H](C/C(=N/C(=O)OCc1ccccc1)c1ccccc1)C(=O)OCc1ccccc1. The average Bonchev–Trinajstić information content (AvgIpc) is 3.06. The molecule has 0 bridgehead atoms. The van der Waals surface area contributed by atoms with Crippen LogP contribution < -0.4 is 5.32 Å². The maximum Gasteiger partial charge on any atom is 0.434 e. The van der Waals surface area contributed by atoms with Crippen LogP contribution in [0.5, 0.6) is 0 Å². The van der Waals surface area contributed by atoms with Crippen LogP contribution in [0.1, 0.15) is 94.2 Å². The Morgan fingerprint density at radius 3 is 1.73 bits per heavy atom. The number of rotatable bonds is 19. The summed E-state index contributed by atoms with van der Waals surface area (Å²) in [4.78, 5) is 43.3. The van der Waals surface area contributed by atoms with Gasteiger partial charge in [0.2, 0.25) is 5.91 Å². The van der Waals surface area contributed by atoms with Crippen molar-refractivity contribution in [1.82, 2.24) is 5.32 Å². The Kier molecular flexibility index (Phi) is 16.0. The van der Waals surface area contributed by atoms with Crippen LogP contribution in [0.15, 0.2) is 96.0 Å². The van der Waals surface area contributed by atoms with E-state index in [0.717, 1.165) is 30.4 Å². The Morgan fingerprint density at radius 2 is 1.16 bits per heavy atom. The molecule has 0 aliphatic heterocycles. The second kappa shape index (κ2) is 20.6.